The predicted molar refractivity (Wildman–Crippen MR) is 177 cm³/mol. The molecule has 2 aromatic carbocycles. The summed E-state index contributed by atoms with van der Waals surface area (Å²) in [6.07, 6.45) is 3.41. The highest BCUT2D eigenvalue weighted by atomic mass is 14.4. The van der Waals surface area contributed by atoms with Gasteiger partial charge in [-0.2, -0.15) is 0 Å². The van der Waals surface area contributed by atoms with Crippen LogP contribution in [-0.2, 0) is 45.3 Å². The molecule has 2 rings (SSSR count). The zero-order chi connectivity index (χ0) is 30.6. The molecule has 0 fully saturated rings. The van der Waals surface area contributed by atoms with Gasteiger partial charge in [0, 0.05) is 0 Å². The maximum Gasteiger partial charge on any atom is -0.0126 e. The van der Waals surface area contributed by atoms with Gasteiger partial charge in [-0.15, -0.1) is 0 Å². The zero-order valence-electron chi connectivity index (χ0n) is 29.4. The summed E-state index contributed by atoms with van der Waals surface area (Å²) in [6.45, 7) is 43.2. The minimum absolute atomic E-state index is 0.0804. The lowest BCUT2D eigenvalue weighted by Gasteiger charge is -2.40. The van der Waals surface area contributed by atoms with E-state index in [4.69, 9.17) is 0 Å². The van der Waals surface area contributed by atoms with Gasteiger partial charge >= 0.3 is 0 Å². The van der Waals surface area contributed by atoms with Crippen LogP contribution in [0.4, 0.5) is 0 Å². The smallest absolute Gasteiger partial charge is 0.0126 e. The largest absolute Gasteiger partial charge is 0.0617 e. The number of rotatable bonds is 4. The van der Waals surface area contributed by atoms with Crippen LogP contribution in [0.5, 0.6) is 0 Å². The van der Waals surface area contributed by atoms with Crippen LogP contribution in [0.2, 0.25) is 0 Å². The fourth-order valence-electron chi connectivity index (χ4n) is 6.66. The molecule has 0 heteroatoms. The van der Waals surface area contributed by atoms with Gasteiger partial charge in [-0.3, -0.25) is 0 Å². The standard InChI is InChI=1S/C39H64/c1-34(2,3)28-24-20-22-26(31(28)37(10,11)12)21-19-23-27-32(38(13,14)15)29(35(4,5)6)25-30(36(7,8)9)33(27)39(16,17)18/h20,22,24-25H,19,21,23H2,1-18H3. The van der Waals surface area contributed by atoms with Crippen LogP contribution < -0.4 is 0 Å². The van der Waals surface area contributed by atoms with Gasteiger partial charge in [0.2, 0.25) is 0 Å². The fraction of sp³-hybridized carbons (Fsp3) is 0.692. The Morgan fingerprint density at radius 3 is 1.13 bits per heavy atom. The Morgan fingerprint density at radius 1 is 0.410 bits per heavy atom. The van der Waals surface area contributed by atoms with E-state index in [1.54, 1.807) is 22.3 Å². The summed E-state index contributed by atoms with van der Waals surface area (Å²) in [5.74, 6) is 0. The highest BCUT2D eigenvalue weighted by Gasteiger charge is 2.36. The molecule has 39 heavy (non-hydrogen) atoms. The van der Waals surface area contributed by atoms with Crippen molar-refractivity contribution in [1.82, 2.24) is 0 Å². The minimum atomic E-state index is 0.0804. The van der Waals surface area contributed by atoms with Gasteiger partial charge in [0.05, 0.1) is 0 Å². The van der Waals surface area contributed by atoms with Gasteiger partial charge in [0.15, 0.2) is 0 Å². The third-order valence-corrected chi connectivity index (χ3v) is 8.13. The molecule has 0 aliphatic carbocycles. The van der Waals surface area contributed by atoms with E-state index in [1.807, 2.05) is 0 Å². The molecule has 0 bridgehead atoms. The van der Waals surface area contributed by atoms with Gasteiger partial charge in [0.25, 0.3) is 0 Å². The third kappa shape index (κ3) is 7.80. The maximum absolute atomic E-state index is 2.59. The van der Waals surface area contributed by atoms with Crippen LogP contribution in [0.1, 0.15) is 176 Å². The molecule has 0 nitrogen and oxygen atoms in total. The first-order valence-corrected chi connectivity index (χ1v) is 15.5. The Hall–Kier alpha value is -1.56. The first kappa shape index (κ1) is 33.6. The number of benzene rings is 2. The molecule has 0 heterocycles. The molecule has 0 N–H and O–H groups in total. The molecule has 0 aliphatic heterocycles. The highest BCUT2D eigenvalue weighted by molar-refractivity contribution is 5.56. The van der Waals surface area contributed by atoms with Crippen LogP contribution in [0.15, 0.2) is 24.3 Å². The van der Waals surface area contributed by atoms with Gasteiger partial charge in [-0.05, 0) is 96.3 Å². The molecule has 0 aromatic heterocycles. The molecule has 220 valence electrons. The molecule has 0 amide bonds. The normalized spacial score (nSPS) is 14.2. The summed E-state index contributed by atoms with van der Waals surface area (Å²) in [7, 11) is 0. The minimum Gasteiger partial charge on any atom is -0.0617 e. The topological polar surface area (TPSA) is 0 Å². The van der Waals surface area contributed by atoms with E-state index in [2.05, 4.69) is 149 Å². The monoisotopic (exact) mass is 533 g/mol. The van der Waals surface area contributed by atoms with E-state index >= 15 is 0 Å². The van der Waals surface area contributed by atoms with Gasteiger partial charge in [-0.25, -0.2) is 0 Å². The van der Waals surface area contributed by atoms with Crippen molar-refractivity contribution in [3.8, 4) is 0 Å². The number of hydrogen-bond donors (Lipinski definition) is 0. The number of hydrogen-bond acceptors (Lipinski definition) is 0. The van der Waals surface area contributed by atoms with E-state index in [9.17, 15) is 0 Å². The van der Waals surface area contributed by atoms with Crippen LogP contribution in [0.25, 0.3) is 0 Å². The van der Waals surface area contributed by atoms with Crippen LogP contribution in [0.3, 0.4) is 0 Å². The Labute approximate surface area is 244 Å². The zero-order valence-corrected chi connectivity index (χ0v) is 29.4. The fourth-order valence-corrected chi connectivity index (χ4v) is 6.66. The molecule has 0 saturated carbocycles. The molecule has 2 aromatic rings. The maximum atomic E-state index is 2.59. The lowest BCUT2D eigenvalue weighted by molar-refractivity contribution is 0.489. The van der Waals surface area contributed by atoms with E-state index in [-0.39, 0.29) is 32.5 Å². The van der Waals surface area contributed by atoms with Gasteiger partial charge in [-0.1, -0.05) is 149 Å². The van der Waals surface area contributed by atoms with E-state index < -0.39 is 0 Å². The second-order valence-electron chi connectivity index (χ2n) is 18.4. The van der Waals surface area contributed by atoms with Crippen LogP contribution >= 0.6 is 0 Å². The molecule has 0 atom stereocenters. The lowest BCUT2D eigenvalue weighted by Crippen LogP contribution is -2.31. The van der Waals surface area contributed by atoms with Crippen molar-refractivity contribution in [2.45, 2.75) is 176 Å². The Balaban J connectivity index is 2.82. The predicted octanol–water partition coefficient (Wildman–Crippen LogP) is 11.6. The van der Waals surface area contributed by atoms with Crippen molar-refractivity contribution >= 4 is 0 Å². The molecular formula is C39H64. The highest BCUT2D eigenvalue weighted by Crippen LogP contribution is 2.46. The van der Waals surface area contributed by atoms with Crippen molar-refractivity contribution in [1.29, 1.82) is 0 Å². The molecule has 0 saturated heterocycles. The van der Waals surface area contributed by atoms with Crippen molar-refractivity contribution < 1.29 is 0 Å². The quantitative estimate of drug-likeness (QED) is 0.367. The van der Waals surface area contributed by atoms with Gasteiger partial charge in [0.1, 0.15) is 0 Å². The van der Waals surface area contributed by atoms with Crippen molar-refractivity contribution in [3.63, 3.8) is 0 Å². The molecular weight excluding hydrogens is 468 g/mol. The SMILES string of the molecule is CC(C)(C)c1cccc(CCCc2c(C(C)(C)C)c(C(C)(C)C)cc(C(C)(C)C)c2C(C)(C)C)c1C(C)(C)C. The summed E-state index contributed by atoms with van der Waals surface area (Å²) in [4.78, 5) is 0. The van der Waals surface area contributed by atoms with Crippen molar-refractivity contribution in [2.75, 3.05) is 0 Å². The second-order valence-corrected chi connectivity index (χ2v) is 18.4. The third-order valence-electron chi connectivity index (χ3n) is 8.13. The van der Waals surface area contributed by atoms with E-state index in [1.165, 1.54) is 28.7 Å². The molecule has 0 radical (unpaired) electrons. The summed E-state index contributed by atoms with van der Waals surface area (Å²) in [6, 6.07) is 9.65. The summed E-state index contributed by atoms with van der Waals surface area (Å²) in [5.41, 5.74) is 13.1. The van der Waals surface area contributed by atoms with Crippen molar-refractivity contribution in [2.24, 2.45) is 0 Å². The van der Waals surface area contributed by atoms with Crippen molar-refractivity contribution in [3.05, 3.63) is 68.8 Å². The summed E-state index contributed by atoms with van der Waals surface area (Å²) in [5, 5.41) is 0. The number of aryl methyl sites for hydroxylation is 1. The second kappa shape index (κ2) is 10.7. The molecule has 0 aliphatic rings. The first-order chi connectivity index (χ1) is 17.2. The molecule has 0 spiro atoms. The Bertz CT molecular complexity index is 1090. The van der Waals surface area contributed by atoms with E-state index in [0.29, 0.717) is 0 Å². The average molecular weight is 533 g/mol. The van der Waals surface area contributed by atoms with Crippen LogP contribution in [0, 0.1) is 0 Å². The lowest BCUT2D eigenvalue weighted by atomic mass is 9.64. The summed E-state index contributed by atoms with van der Waals surface area (Å²) >= 11 is 0. The Morgan fingerprint density at radius 2 is 0.795 bits per heavy atom. The molecule has 0 unspecified atom stereocenters. The summed E-state index contributed by atoms with van der Waals surface area (Å²) < 4.78 is 0. The average Bonchev–Trinajstić information content (AvgIpc) is 2.68. The van der Waals surface area contributed by atoms with Crippen LogP contribution in [-0.4, -0.2) is 0 Å². The van der Waals surface area contributed by atoms with E-state index in [0.717, 1.165) is 12.8 Å². The van der Waals surface area contributed by atoms with Gasteiger partial charge < -0.3 is 0 Å². The Kier molecular flexibility index (Phi) is 9.22. The first-order valence-electron chi connectivity index (χ1n) is 15.5.